The van der Waals surface area contributed by atoms with Gasteiger partial charge in [-0.1, -0.05) is 0 Å². The molecule has 8 heteroatoms. The van der Waals surface area contributed by atoms with Gasteiger partial charge in [-0.15, -0.1) is 0 Å². The fourth-order valence-corrected chi connectivity index (χ4v) is 2.17. The molecule has 6 nitrogen and oxygen atoms in total. The Labute approximate surface area is 149 Å². The van der Waals surface area contributed by atoms with Gasteiger partial charge >= 0.3 is 5.97 Å². The second kappa shape index (κ2) is 9.07. The van der Waals surface area contributed by atoms with Gasteiger partial charge in [-0.25, -0.2) is 13.8 Å². The van der Waals surface area contributed by atoms with Crippen molar-refractivity contribution in [2.75, 3.05) is 6.54 Å². The lowest BCUT2D eigenvalue weighted by atomic mass is 10.2. The number of aryl methyl sites for hydroxylation is 1. The van der Waals surface area contributed by atoms with Crippen molar-refractivity contribution in [3.8, 4) is 11.3 Å². The van der Waals surface area contributed by atoms with Crippen LogP contribution in [0, 0.1) is 11.6 Å². The van der Waals surface area contributed by atoms with Crippen LogP contribution in [0.2, 0.25) is 0 Å². The van der Waals surface area contributed by atoms with E-state index >= 15 is 0 Å². The first-order valence-electron chi connectivity index (χ1n) is 8.21. The van der Waals surface area contributed by atoms with E-state index < -0.39 is 11.6 Å². The highest BCUT2D eigenvalue weighted by molar-refractivity contribution is 5.77. The maximum absolute atomic E-state index is 13.7. The minimum atomic E-state index is -0.751. The average Bonchev–Trinajstić information content (AvgIpc) is 3.01. The number of nitrogens with one attached hydrogen (secondary N) is 1. The van der Waals surface area contributed by atoms with Gasteiger partial charge in [-0.3, -0.25) is 9.59 Å². The zero-order valence-electron chi connectivity index (χ0n) is 14.6. The van der Waals surface area contributed by atoms with Gasteiger partial charge in [-0.2, -0.15) is 0 Å². The highest BCUT2D eigenvalue weighted by atomic mass is 19.1. The molecule has 140 valence electrons. The van der Waals surface area contributed by atoms with Crippen molar-refractivity contribution in [2.24, 2.45) is 0 Å². The molecule has 1 heterocycles. The number of halogens is 2. The van der Waals surface area contributed by atoms with Crippen LogP contribution in [0.15, 0.2) is 28.8 Å². The average molecular weight is 366 g/mol. The summed E-state index contributed by atoms with van der Waals surface area (Å²) >= 11 is 0. The molecule has 0 radical (unpaired) electrons. The molecule has 0 atom stereocenters. The minimum Gasteiger partial charge on any atom is -0.463 e. The Morgan fingerprint density at radius 1 is 1.27 bits per heavy atom. The van der Waals surface area contributed by atoms with E-state index in [2.05, 4.69) is 10.3 Å². The van der Waals surface area contributed by atoms with Gasteiger partial charge in [0.15, 0.2) is 11.7 Å². The Bertz CT molecular complexity index is 774. The molecule has 0 spiro atoms. The van der Waals surface area contributed by atoms with Gasteiger partial charge in [0, 0.05) is 25.5 Å². The monoisotopic (exact) mass is 366 g/mol. The van der Waals surface area contributed by atoms with Crippen LogP contribution in [-0.2, 0) is 20.7 Å². The summed E-state index contributed by atoms with van der Waals surface area (Å²) in [4.78, 5) is 27.1. The van der Waals surface area contributed by atoms with E-state index in [1.54, 1.807) is 13.8 Å². The third-order valence-corrected chi connectivity index (χ3v) is 3.33. The summed E-state index contributed by atoms with van der Waals surface area (Å²) in [6.07, 6.45) is 1.54. The smallest absolute Gasteiger partial charge is 0.307 e. The number of nitrogens with zero attached hydrogens (tertiary/aromatic N) is 1. The maximum Gasteiger partial charge on any atom is 0.307 e. The molecule has 1 amide bonds. The molecular formula is C18H20F2N2O4. The van der Waals surface area contributed by atoms with Gasteiger partial charge in [0.2, 0.25) is 5.91 Å². The lowest BCUT2D eigenvalue weighted by Gasteiger charge is -2.08. The van der Waals surface area contributed by atoms with Crippen molar-refractivity contribution < 1.29 is 27.5 Å². The van der Waals surface area contributed by atoms with Crippen LogP contribution < -0.4 is 5.32 Å². The fourth-order valence-electron chi connectivity index (χ4n) is 2.17. The normalized spacial score (nSPS) is 10.8. The van der Waals surface area contributed by atoms with Gasteiger partial charge in [0.1, 0.15) is 11.6 Å². The first-order chi connectivity index (χ1) is 12.3. The number of rotatable bonds is 8. The number of hydrogen-bond acceptors (Lipinski definition) is 5. The molecule has 0 aliphatic rings. The van der Waals surface area contributed by atoms with Crippen molar-refractivity contribution in [2.45, 2.75) is 39.2 Å². The second-order valence-corrected chi connectivity index (χ2v) is 5.88. The van der Waals surface area contributed by atoms with E-state index in [-0.39, 0.29) is 61.0 Å². The quantitative estimate of drug-likeness (QED) is 0.727. The third-order valence-electron chi connectivity index (χ3n) is 3.33. The number of esters is 1. The fraction of sp³-hybridized carbons (Fsp3) is 0.389. The van der Waals surface area contributed by atoms with E-state index in [0.29, 0.717) is 0 Å². The summed E-state index contributed by atoms with van der Waals surface area (Å²) in [6.45, 7) is 3.68. The first-order valence-corrected chi connectivity index (χ1v) is 8.21. The van der Waals surface area contributed by atoms with E-state index in [1.165, 1.54) is 12.3 Å². The molecule has 1 N–H and O–H groups in total. The molecule has 0 fully saturated rings. The third kappa shape index (κ3) is 5.94. The van der Waals surface area contributed by atoms with Crippen LogP contribution in [0.25, 0.3) is 11.3 Å². The first kappa shape index (κ1) is 19.6. The summed E-state index contributed by atoms with van der Waals surface area (Å²) in [7, 11) is 0. The largest absolute Gasteiger partial charge is 0.463 e. The Morgan fingerprint density at radius 2 is 2.04 bits per heavy atom. The predicted octanol–water partition coefficient (Wildman–Crippen LogP) is 3.01. The van der Waals surface area contributed by atoms with E-state index in [9.17, 15) is 18.4 Å². The Morgan fingerprint density at radius 3 is 2.73 bits per heavy atom. The second-order valence-electron chi connectivity index (χ2n) is 5.88. The number of aromatic nitrogens is 1. The van der Waals surface area contributed by atoms with Gasteiger partial charge < -0.3 is 14.5 Å². The highest BCUT2D eigenvalue weighted by Gasteiger charge is 2.13. The molecule has 2 aromatic rings. The molecule has 26 heavy (non-hydrogen) atoms. The summed E-state index contributed by atoms with van der Waals surface area (Å²) in [5, 5.41) is 2.60. The van der Waals surface area contributed by atoms with Crippen molar-refractivity contribution in [1.29, 1.82) is 0 Å². The van der Waals surface area contributed by atoms with Crippen LogP contribution >= 0.6 is 0 Å². The number of oxazole rings is 1. The van der Waals surface area contributed by atoms with Crippen LogP contribution in [0.5, 0.6) is 0 Å². The highest BCUT2D eigenvalue weighted by Crippen LogP contribution is 2.24. The predicted molar refractivity (Wildman–Crippen MR) is 89.0 cm³/mol. The number of ether oxygens (including phenoxy) is 1. The molecule has 2 rings (SSSR count). The van der Waals surface area contributed by atoms with Crippen LogP contribution in [0.4, 0.5) is 8.78 Å². The summed E-state index contributed by atoms with van der Waals surface area (Å²) < 4.78 is 37.0. The van der Waals surface area contributed by atoms with Crippen LogP contribution in [-0.4, -0.2) is 29.5 Å². The van der Waals surface area contributed by atoms with Crippen molar-refractivity contribution in [1.82, 2.24) is 10.3 Å². The van der Waals surface area contributed by atoms with Gasteiger partial charge in [0.25, 0.3) is 0 Å². The minimum absolute atomic E-state index is 0.0942. The molecule has 0 saturated heterocycles. The lowest BCUT2D eigenvalue weighted by Crippen LogP contribution is -2.27. The molecule has 0 aliphatic carbocycles. The Kier molecular flexibility index (Phi) is 6.82. The summed E-state index contributed by atoms with van der Waals surface area (Å²) in [5.74, 6) is -1.65. The topological polar surface area (TPSA) is 81.4 Å². The van der Waals surface area contributed by atoms with E-state index in [4.69, 9.17) is 9.15 Å². The van der Waals surface area contributed by atoms with E-state index in [1.807, 2.05) is 0 Å². The number of carbonyl (C=O) groups is 2. The van der Waals surface area contributed by atoms with Gasteiger partial charge in [0.05, 0.1) is 24.3 Å². The van der Waals surface area contributed by atoms with Gasteiger partial charge in [-0.05, 0) is 26.0 Å². The zero-order chi connectivity index (χ0) is 19.1. The Balaban J connectivity index is 1.79. The van der Waals surface area contributed by atoms with Crippen molar-refractivity contribution in [3.63, 3.8) is 0 Å². The molecule has 0 saturated carbocycles. The number of amides is 1. The summed E-state index contributed by atoms with van der Waals surface area (Å²) in [5.41, 5.74) is 0.0956. The SMILES string of the molecule is CC(C)OC(=O)CCNC(=O)CCc1ncc(-c2ccc(F)cc2F)o1. The molecule has 1 aromatic heterocycles. The van der Waals surface area contributed by atoms with Crippen LogP contribution in [0.3, 0.4) is 0 Å². The molecule has 0 unspecified atom stereocenters. The lowest BCUT2D eigenvalue weighted by molar-refractivity contribution is -0.147. The number of carbonyl (C=O) groups excluding carboxylic acids is 2. The van der Waals surface area contributed by atoms with E-state index in [0.717, 1.165) is 12.1 Å². The maximum atomic E-state index is 13.7. The Hall–Kier alpha value is -2.77. The van der Waals surface area contributed by atoms with Crippen LogP contribution in [0.1, 0.15) is 32.6 Å². The number of benzene rings is 1. The molecular weight excluding hydrogens is 346 g/mol. The summed E-state index contributed by atoms with van der Waals surface area (Å²) in [6, 6.07) is 3.14. The van der Waals surface area contributed by atoms with Crippen molar-refractivity contribution in [3.05, 3.63) is 41.9 Å². The number of hydrogen-bond donors (Lipinski definition) is 1. The standard InChI is InChI=1S/C18H20F2N2O4/c1-11(2)25-18(24)7-8-21-16(23)5-6-17-22-10-15(26-17)13-4-3-12(19)9-14(13)20/h3-4,9-11H,5-8H2,1-2H3,(H,21,23). The molecule has 0 bridgehead atoms. The molecule has 0 aliphatic heterocycles. The van der Waals surface area contributed by atoms with Crippen molar-refractivity contribution >= 4 is 11.9 Å². The molecule has 1 aromatic carbocycles. The zero-order valence-corrected chi connectivity index (χ0v) is 14.6.